The van der Waals surface area contributed by atoms with E-state index in [0.717, 1.165) is 6.42 Å². The van der Waals surface area contributed by atoms with Crippen LogP contribution in [0.3, 0.4) is 0 Å². The zero-order chi connectivity index (χ0) is 3.41. The molecule has 3 heteroatoms. The minimum Gasteiger partial charge on any atom is -1.00 e. The Balaban J connectivity index is -0.0000000150. The van der Waals surface area contributed by atoms with Gasteiger partial charge in [-0.3, -0.25) is 0 Å². The van der Waals surface area contributed by atoms with Crippen molar-refractivity contribution in [3.8, 4) is 0 Å². The van der Waals surface area contributed by atoms with Crippen LogP contribution in [-0.4, -0.2) is 11.7 Å². The first-order valence-corrected chi connectivity index (χ1v) is 1.52. The van der Waals surface area contributed by atoms with Gasteiger partial charge in [0.05, 0.1) is 0 Å². The van der Waals surface area contributed by atoms with Crippen molar-refractivity contribution in [3.63, 3.8) is 0 Å². The molecule has 1 N–H and O–H groups in total. The number of aliphatic hydroxyl groups is 1. The topological polar surface area (TPSA) is 20.2 Å². The second kappa shape index (κ2) is 16.2. The van der Waals surface area contributed by atoms with Crippen molar-refractivity contribution in [2.45, 2.75) is 13.3 Å². The molecule has 36 valence electrons. The van der Waals surface area contributed by atoms with Crippen molar-refractivity contribution < 1.29 is 36.1 Å². The quantitative estimate of drug-likeness (QED) is 0.381. The molecule has 0 aromatic heterocycles. The van der Waals surface area contributed by atoms with Gasteiger partial charge in [-0.05, 0) is 6.42 Å². The van der Waals surface area contributed by atoms with E-state index in [2.05, 4.69) is 0 Å². The maximum atomic E-state index is 7.88. The standard InChI is InChI=1S/C3H8O.Na.H2S.H/c1-2-3-4;;;/h4H,2-3H2,1H3;;1H2;/q;+1;;-1. The molecule has 0 rings (SSSR count). The second-order valence-electron chi connectivity index (χ2n) is 0.724. The first-order valence-electron chi connectivity index (χ1n) is 1.52. The van der Waals surface area contributed by atoms with Crippen molar-refractivity contribution in [1.29, 1.82) is 0 Å². The number of rotatable bonds is 1. The van der Waals surface area contributed by atoms with Crippen LogP contribution < -0.4 is 29.6 Å². The maximum absolute atomic E-state index is 7.88. The van der Waals surface area contributed by atoms with Gasteiger partial charge in [-0.1, -0.05) is 6.92 Å². The Hall–Kier alpha value is 1.31. The Labute approximate surface area is 69.4 Å². The van der Waals surface area contributed by atoms with Crippen molar-refractivity contribution >= 4 is 13.5 Å². The van der Waals surface area contributed by atoms with E-state index in [1.807, 2.05) is 6.92 Å². The molecule has 0 aromatic carbocycles. The molecule has 0 heterocycles. The third-order valence-electron chi connectivity index (χ3n) is 0.224. The van der Waals surface area contributed by atoms with Gasteiger partial charge in [-0.25, -0.2) is 0 Å². The van der Waals surface area contributed by atoms with Crippen molar-refractivity contribution in [1.82, 2.24) is 0 Å². The van der Waals surface area contributed by atoms with E-state index in [9.17, 15) is 0 Å². The van der Waals surface area contributed by atoms with Crippen molar-refractivity contribution in [3.05, 3.63) is 0 Å². The number of aliphatic hydroxyl groups excluding tert-OH is 1. The van der Waals surface area contributed by atoms with E-state index in [-0.39, 0.29) is 44.5 Å². The molecule has 0 saturated heterocycles. The van der Waals surface area contributed by atoms with Crippen LogP contribution in [0.1, 0.15) is 14.8 Å². The maximum Gasteiger partial charge on any atom is 1.00 e. The molecule has 6 heavy (non-hydrogen) atoms. The molecule has 0 radical (unpaired) electrons. The summed E-state index contributed by atoms with van der Waals surface area (Å²) in [4.78, 5) is 0. The fraction of sp³-hybridized carbons (Fsp3) is 1.00. The van der Waals surface area contributed by atoms with Crippen LogP contribution in [0.25, 0.3) is 0 Å². The molecular weight excluding hydrogens is 107 g/mol. The zero-order valence-corrected chi connectivity index (χ0v) is 7.36. The number of hydrogen-bond donors (Lipinski definition) is 1. The molecule has 0 aliphatic heterocycles. The average Bonchev–Trinajstić information content (AvgIpc) is 1.37. The first-order chi connectivity index (χ1) is 1.91. The molecule has 0 unspecified atom stereocenters. The van der Waals surface area contributed by atoms with Crippen LogP contribution in [0.5, 0.6) is 0 Å². The molecule has 1 nitrogen and oxygen atoms in total. The summed E-state index contributed by atoms with van der Waals surface area (Å²) in [7, 11) is 0. The largest absolute Gasteiger partial charge is 1.00 e. The van der Waals surface area contributed by atoms with Crippen LogP contribution >= 0.6 is 13.5 Å². The van der Waals surface area contributed by atoms with Crippen LogP contribution in [-0.2, 0) is 0 Å². The molecule has 0 aromatic rings. The van der Waals surface area contributed by atoms with Gasteiger partial charge in [0.1, 0.15) is 0 Å². The third kappa shape index (κ3) is 18.5. The molecule has 0 aliphatic carbocycles. The molecule has 0 atom stereocenters. The summed E-state index contributed by atoms with van der Waals surface area (Å²) < 4.78 is 0. The Morgan fingerprint density at radius 1 is 1.67 bits per heavy atom. The zero-order valence-electron chi connectivity index (χ0n) is 5.36. The fourth-order valence-electron chi connectivity index (χ4n) is 0. The summed E-state index contributed by atoms with van der Waals surface area (Å²) in [6, 6.07) is 0. The van der Waals surface area contributed by atoms with E-state index in [1.54, 1.807) is 0 Å². The van der Waals surface area contributed by atoms with E-state index in [1.165, 1.54) is 0 Å². The van der Waals surface area contributed by atoms with Crippen LogP contribution in [0.2, 0.25) is 0 Å². The van der Waals surface area contributed by atoms with E-state index in [0.29, 0.717) is 6.61 Å². The summed E-state index contributed by atoms with van der Waals surface area (Å²) in [5, 5.41) is 7.88. The number of hydrogen-bond acceptors (Lipinski definition) is 1. The summed E-state index contributed by atoms with van der Waals surface area (Å²) in [5.74, 6) is 0. The molecule has 0 fully saturated rings. The van der Waals surface area contributed by atoms with E-state index in [4.69, 9.17) is 5.11 Å². The minimum absolute atomic E-state index is 0. The SMILES string of the molecule is CCCO.S.[H-].[Na+]. The van der Waals surface area contributed by atoms with E-state index < -0.39 is 0 Å². The summed E-state index contributed by atoms with van der Waals surface area (Å²) in [5.41, 5.74) is 0. The normalized spacial score (nSPS) is 5.00. The summed E-state index contributed by atoms with van der Waals surface area (Å²) in [6.07, 6.45) is 0.875. The van der Waals surface area contributed by atoms with Gasteiger partial charge in [0.2, 0.25) is 0 Å². The van der Waals surface area contributed by atoms with Crippen LogP contribution in [0.4, 0.5) is 0 Å². The van der Waals surface area contributed by atoms with Gasteiger partial charge in [0, 0.05) is 6.61 Å². The van der Waals surface area contributed by atoms with Gasteiger partial charge in [0.25, 0.3) is 0 Å². The molecule has 0 aliphatic rings. The summed E-state index contributed by atoms with van der Waals surface area (Å²) in [6.45, 7) is 2.25. The van der Waals surface area contributed by atoms with Gasteiger partial charge in [-0.2, -0.15) is 13.5 Å². The van der Waals surface area contributed by atoms with Gasteiger partial charge in [-0.15, -0.1) is 0 Å². The van der Waals surface area contributed by atoms with Gasteiger partial charge >= 0.3 is 29.6 Å². The molecule has 0 spiro atoms. The Morgan fingerprint density at radius 2 is 1.83 bits per heavy atom. The smallest absolute Gasteiger partial charge is 1.00 e. The summed E-state index contributed by atoms with van der Waals surface area (Å²) >= 11 is 0. The third-order valence-corrected chi connectivity index (χ3v) is 0.224. The van der Waals surface area contributed by atoms with Crippen LogP contribution in [0, 0.1) is 0 Å². The fourth-order valence-corrected chi connectivity index (χ4v) is 0. The predicted octanol–water partition coefficient (Wildman–Crippen LogP) is -2.38. The predicted molar refractivity (Wildman–Crippen MR) is 28.9 cm³/mol. The molecule has 0 amide bonds. The molecule has 0 bridgehead atoms. The Bertz CT molecular complexity index is 16.9. The Kier molecular flexibility index (Phi) is 42.4. The van der Waals surface area contributed by atoms with Crippen LogP contribution in [0.15, 0.2) is 0 Å². The minimum atomic E-state index is 0. The Morgan fingerprint density at radius 3 is 1.83 bits per heavy atom. The van der Waals surface area contributed by atoms with Crippen molar-refractivity contribution in [2.24, 2.45) is 0 Å². The average molecular weight is 118 g/mol. The van der Waals surface area contributed by atoms with Gasteiger partial charge in [0.15, 0.2) is 0 Å². The first kappa shape index (κ1) is 15.7. The van der Waals surface area contributed by atoms with Gasteiger partial charge < -0.3 is 6.53 Å². The monoisotopic (exact) mass is 118 g/mol. The van der Waals surface area contributed by atoms with E-state index >= 15 is 0 Å². The molecular formula is C3H11NaOS. The molecule has 0 saturated carbocycles. The second-order valence-corrected chi connectivity index (χ2v) is 0.724. The van der Waals surface area contributed by atoms with Crippen molar-refractivity contribution in [2.75, 3.05) is 6.61 Å².